The molecule has 5 N–H and O–H groups in total. The number of hydrazine groups is 1. The van der Waals surface area contributed by atoms with E-state index in [1.165, 1.54) is 6.07 Å². The minimum absolute atomic E-state index is 0.320. The molecule has 0 bridgehead atoms. The maximum atomic E-state index is 12.6. The van der Waals surface area contributed by atoms with Crippen LogP contribution in [0.15, 0.2) is 18.2 Å². The third kappa shape index (κ3) is 2.94. The number of alkyl halides is 3. The van der Waals surface area contributed by atoms with E-state index in [1.54, 1.807) is 0 Å². The molecule has 2 rings (SSSR count). The lowest BCUT2D eigenvalue weighted by Gasteiger charge is -2.19. The standard InChI is InChI=1S/C12H16F3N3/c13-12(14,15)8-3-4-10(16)9(6-8)11(18-17)5-7-1-2-7/h3-4,6-7,11,18H,1-2,5,16-17H2. The lowest BCUT2D eigenvalue weighted by atomic mass is 9.98. The van der Waals surface area contributed by atoms with Crippen molar-refractivity contribution in [3.05, 3.63) is 29.3 Å². The Labute approximate surface area is 103 Å². The van der Waals surface area contributed by atoms with E-state index in [9.17, 15) is 13.2 Å². The van der Waals surface area contributed by atoms with E-state index >= 15 is 0 Å². The number of hydrogen-bond donors (Lipinski definition) is 3. The molecule has 0 saturated heterocycles. The van der Waals surface area contributed by atoms with E-state index in [1.807, 2.05) is 0 Å². The van der Waals surface area contributed by atoms with Crippen molar-refractivity contribution in [3.63, 3.8) is 0 Å². The van der Waals surface area contributed by atoms with Gasteiger partial charge in [-0.05, 0) is 36.1 Å². The van der Waals surface area contributed by atoms with Crippen LogP contribution in [0.3, 0.4) is 0 Å². The molecule has 0 aromatic heterocycles. The molecule has 1 atom stereocenters. The fourth-order valence-electron chi connectivity index (χ4n) is 2.02. The van der Waals surface area contributed by atoms with E-state index in [0.29, 0.717) is 17.2 Å². The second-order valence-electron chi connectivity index (χ2n) is 4.74. The van der Waals surface area contributed by atoms with Crippen LogP contribution >= 0.6 is 0 Å². The number of nitrogens with one attached hydrogen (secondary N) is 1. The molecule has 1 unspecified atom stereocenters. The monoisotopic (exact) mass is 259 g/mol. The van der Waals surface area contributed by atoms with Crippen molar-refractivity contribution >= 4 is 5.69 Å². The van der Waals surface area contributed by atoms with Gasteiger partial charge in [0, 0.05) is 11.7 Å². The highest BCUT2D eigenvalue weighted by molar-refractivity contribution is 5.51. The van der Waals surface area contributed by atoms with Crippen molar-refractivity contribution in [2.45, 2.75) is 31.5 Å². The number of halogens is 3. The van der Waals surface area contributed by atoms with Gasteiger partial charge in [-0.1, -0.05) is 12.8 Å². The van der Waals surface area contributed by atoms with Crippen LogP contribution in [0, 0.1) is 5.92 Å². The topological polar surface area (TPSA) is 64.1 Å². The summed E-state index contributed by atoms with van der Waals surface area (Å²) in [6, 6.07) is 3.04. The van der Waals surface area contributed by atoms with Crippen LogP contribution in [-0.4, -0.2) is 0 Å². The van der Waals surface area contributed by atoms with Crippen LogP contribution in [0.5, 0.6) is 0 Å². The Morgan fingerprint density at radius 2 is 2.00 bits per heavy atom. The van der Waals surface area contributed by atoms with E-state index < -0.39 is 11.7 Å². The molecule has 1 aliphatic rings. The lowest BCUT2D eigenvalue weighted by molar-refractivity contribution is -0.137. The molecule has 1 aromatic rings. The van der Waals surface area contributed by atoms with Crippen LogP contribution in [0.2, 0.25) is 0 Å². The van der Waals surface area contributed by atoms with Gasteiger partial charge in [-0.25, -0.2) is 0 Å². The predicted molar refractivity (Wildman–Crippen MR) is 63.3 cm³/mol. The summed E-state index contributed by atoms with van der Waals surface area (Å²) in [5, 5.41) is 0. The highest BCUT2D eigenvalue weighted by Gasteiger charge is 2.32. The van der Waals surface area contributed by atoms with Crippen molar-refractivity contribution in [3.8, 4) is 0 Å². The molecule has 1 aliphatic carbocycles. The van der Waals surface area contributed by atoms with Crippen molar-refractivity contribution < 1.29 is 13.2 Å². The summed E-state index contributed by atoms with van der Waals surface area (Å²) >= 11 is 0. The second-order valence-corrected chi connectivity index (χ2v) is 4.74. The molecule has 1 saturated carbocycles. The van der Waals surface area contributed by atoms with Gasteiger partial charge in [0.25, 0.3) is 0 Å². The third-order valence-corrected chi connectivity index (χ3v) is 3.26. The number of rotatable bonds is 4. The maximum Gasteiger partial charge on any atom is 0.416 e. The normalized spacial score (nSPS) is 17.8. The molecule has 6 heteroatoms. The molecule has 1 aromatic carbocycles. The first kappa shape index (κ1) is 13.2. The predicted octanol–water partition coefficient (Wildman–Crippen LogP) is 2.59. The summed E-state index contributed by atoms with van der Waals surface area (Å²) < 4.78 is 37.9. The van der Waals surface area contributed by atoms with Crippen LogP contribution in [0.4, 0.5) is 18.9 Å². The van der Waals surface area contributed by atoms with Crippen LogP contribution in [0.1, 0.15) is 36.4 Å². The Kier molecular flexibility index (Phi) is 3.49. The van der Waals surface area contributed by atoms with Crippen LogP contribution < -0.4 is 17.0 Å². The van der Waals surface area contributed by atoms with E-state index in [0.717, 1.165) is 31.4 Å². The van der Waals surface area contributed by atoms with Crippen molar-refractivity contribution in [1.29, 1.82) is 0 Å². The molecule has 0 heterocycles. The van der Waals surface area contributed by atoms with Crippen molar-refractivity contribution in [2.75, 3.05) is 5.73 Å². The molecule has 0 radical (unpaired) electrons. The average Bonchev–Trinajstić information content (AvgIpc) is 3.09. The van der Waals surface area contributed by atoms with E-state index in [2.05, 4.69) is 5.43 Å². The Morgan fingerprint density at radius 1 is 1.33 bits per heavy atom. The smallest absolute Gasteiger partial charge is 0.398 e. The number of nitrogens with two attached hydrogens (primary N) is 2. The van der Waals surface area contributed by atoms with Crippen LogP contribution in [0.25, 0.3) is 0 Å². The fraction of sp³-hybridized carbons (Fsp3) is 0.500. The first-order valence-corrected chi connectivity index (χ1v) is 5.84. The zero-order chi connectivity index (χ0) is 13.3. The first-order valence-electron chi connectivity index (χ1n) is 5.84. The molecule has 0 amide bonds. The zero-order valence-corrected chi connectivity index (χ0v) is 9.80. The SMILES string of the molecule is NNC(CC1CC1)c1cc(C(F)(F)F)ccc1N. The summed E-state index contributed by atoms with van der Waals surface area (Å²) in [5.74, 6) is 5.96. The molecule has 3 nitrogen and oxygen atoms in total. The van der Waals surface area contributed by atoms with Gasteiger partial charge in [-0.15, -0.1) is 0 Å². The van der Waals surface area contributed by atoms with Gasteiger partial charge in [-0.3, -0.25) is 11.3 Å². The highest BCUT2D eigenvalue weighted by Crippen LogP contribution is 2.40. The molecule has 1 fully saturated rings. The number of benzene rings is 1. The molecule has 18 heavy (non-hydrogen) atoms. The van der Waals surface area contributed by atoms with E-state index in [4.69, 9.17) is 11.6 Å². The highest BCUT2D eigenvalue weighted by atomic mass is 19.4. The second kappa shape index (κ2) is 4.78. The zero-order valence-electron chi connectivity index (χ0n) is 9.80. The van der Waals surface area contributed by atoms with Gasteiger partial charge in [0.05, 0.1) is 5.56 Å². The number of anilines is 1. The summed E-state index contributed by atoms with van der Waals surface area (Å²) in [4.78, 5) is 0. The summed E-state index contributed by atoms with van der Waals surface area (Å²) in [5.41, 5.74) is 8.38. The molecule has 0 aliphatic heterocycles. The van der Waals surface area contributed by atoms with E-state index in [-0.39, 0.29) is 6.04 Å². The third-order valence-electron chi connectivity index (χ3n) is 3.26. The van der Waals surface area contributed by atoms with Gasteiger partial charge < -0.3 is 5.73 Å². The Hall–Kier alpha value is -1.27. The molecule has 0 spiro atoms. The molecule has 100 valence electrons. The minimum Gasteiger partial charge on any atom is -0.398 e. The van der Waals surface area contributed by atoms with Gasteiger partial charge in [0.2, 0.25) is 0 Å². The van der Waals surface area contributed by atoms with Crippen molar-refractivity contribution in [1.82, 2.24) is 5.43 Å². The number of hydrogen-bond acceptors (Lipinski definition) is 3. The van der Waals surface area contributed by atoms with Crippen molar-refractivity contribution in [2.24, 2.45) is 11.8 Å². The fourth-order valence-corrected chi connectivity index (χ4v) is 2.02. The summed E-state index contributed by atoms with van der Waals surface area (Å²) in [7, 11) is 0. The Morgan fingerprint density at radius 3 is 2.50 bits per heavy atom. The van der Waals surface area contributed by atoms with Gasteiger partial charge >= 0.3 is 6.18 Å². The molecular weight excluding hydrogens is 243 g/mol. The summed E-state index contributed by atoms with van der Waals surface area (Å²) in [6.07, 6.45) is -1.42. The Bertz CT molecular complexity index is 427. The lowest BCUT2D eigenvalue weighted by Crippen LogP contribution is -2.29. The van der Waals surface area contributed by atoms with Gasteiger partial charge in [0.1, 0.15) is 0 Å². The van der Waals surface area contributed by atoms with Gasteiger partial charge in [0.15, 0.2) is 0 Å². The van der Waals surface area contributed by atoms with Gasteiger partial charge in [-0.2, -0.15) is 13.2 Å². The quantitative estimate of drug-likeness (QED) is 0.442. The Balaban J connectivity index is 2.28. The largest absolute Gasteiger partial charge is 0.416 e. The molecular formula is C12H16F3N3. The summed E-state index contributed by atoms with van der Waals surface area (Å²) in [6.45, 7) is 0. The first-order chi connectivity index (χ1) is 8.41. The van der Waals surface area contributed by atoms with Crippen LogP contribution in [-0.2, 0) is 6.18 Å². The minimum atomic E-state index is -4.36. The average molecular weight is 259 g/mol. The maximum absolute atomic E-state index is 12.6. The number of nitrogen functional groups attached to an aromatic ring is 1.